The summed E-state index contributed by atoms with van der Waals surface area (Å²) in [6.07, 6.45) is 2.33. The van der Waals surface area contributed by atoms with E-state index in [9.17, 15) is 8.42 Å². The molecule has 0 spiro atoms. The van der Waals surface area contributed by atoms with E-state index in [1.54, 1.807) is 19.2 Å². The number of hydrogen-bond acceptors (Lipinski definition) is 8. The Bertz CT molecular complexity index is 1320. The quantitative estimate of drug-likeness (QED) is 0.469. The molecule has 2 aromatic heterocycles. The molecular formula is C25H29N3O6S. The molecule has 10 heteroatoms. The highest BCUT2D eigenvalue weighted by Crippen LogP contribution is 2.33. The smallest absolute Gasteiger partial charge is 0.233 e. The molecule has 1 aliphatic heterocycles. The first-order valence-electron chi connectivity index (χ1n) is 11.2. The molecule has 1 aromatic carbocycles. The number of methoxy groups -OCH3 is 1. The van der Waals surface area contributed by atoms with Gasteiger partial charge in [0.15, 0.2) is 14.9 Å². The summed E-state index contributed by atoms with van der Waals surface area (Å²) >= 11 is 0. The summed E-state index contributed by atoms with van der Waals surface area (Å²) < 4.78 is 46.4. The first-order chi connectivity index (χ1) is 16.6. The van der Waals surface area contributed by atoms with E-state index in [0.717, 1.165) is 23.2 Å². The molecule has 0 amide bonds. The van der Waals surface area contributed by atoms with E-state index in [4.69, 9.17) is 18.9 Å². The van der Waals surface area contributed by atoms with E-state index in [2.05, 4.69) is 15.0 Å². The maximum absolute atomic E-state index is 11.7. The number of hydrogen-bond donors (Lipinski definition) is 1. The van der Waals surface area contributed by atoms with Gasteiger partial charge in [0.1, 0.15) is 35.2 Å². The molecule has 0 unspecified atom stereocenters. The van der Waals surface area contributed by atoms with Crippen LogP contribution in [0.3, 0.4) is 0 Å². The highest BCUT2D eigenvalue weighted by molar-refractivity contribution is 7.90. The molecule has 3 aromatic rings. The zero-order chi connectivity index (χ0) is 25.2. The molecule has 0 saturated carbocycles. The summed E-state index contributed by atoms with van der Waals surface area (Å²) in [6, 6.07) is 12.5. The third-order valence-corrected chi connectivity index (χ3v) is 6.47. The number of nitrogens with zero attached hydrogens (tertiary/aromatic N) is 2. The van der Waals surface area contributed by atoms with E-state index in [-0.39, 0.29) is 23.3 Å². The molecule has 1 N–H and O–H groups in total. The number of aliphatic imine (C=N–C) groups is 1. The number of aromatic nitrogens is 2. The van der Waals surface area contributed by atoms with Gasteiger partial charge in [0.25, 0.3) is 0 Å². The van der Waals surface area contributed by atoms with Crippen molar-refractivity contribution in [2.24, 2.45) is 4.99 Å². The summed E-state index contributed by atoms with van der Waals surface area (Å²) in [7, 11) is -1.78. The minimum Gasteiger partial charge on any atom is -0.488 e. The van der Waals surface area contributed by atoms with Crippen molar-refractivity contribution in [2.45, 2.75) is 44.0 Å². The molecule has 35 heavy (non-hydrogen) atoms. The van der Waals surface area contributed by atoms with Crippen LogP contribution in [-0.4, -0.2) is 62.5 Å². The van der Waals surface area contributed by atoms with Gasteiger partial charge in [-0.1, -0.05) is 0 Å². The number of ether oxygens (including phenoxy) is 4. The third-order valence-electron chi connectivity index (χ3n) is 5.47. The Balaban J connectivity index is 1.64. The Kier molecular flexibility index (Phi) is 7.13. The van der Waals surface area contributed by atoms with Crippen LogP contribution in [-0.2, 0) is 19.3 Å². The van der Waals surface area contributed by atoms with Gasteiger partial charge >= 0.3 is 0 Å². The molecule has 9 nitrogen and oxygen atoms in total. The SMILES string of the molecule is COC[C@H](C)Oc1cc(Oc2ccc(S(C)(=O)=O)nc2)cc(-c2ccc(C3=N[C@H](C)[C@H](C)O3)[nH]2)c1. The van der Waals surface area contributed by atoms with Gasteiger partial charge in [-0.25, -0.2) is 18.4 Å². The predicted molar refractivity (Wildman–Crippen MR) is 132 cm³/mol. The average Bonchev–Trinajstić information content (AvgIpc) is 3.40. The minimum atomic E-state index is -3.40. The van der Waals surface area contributed by atoms with Gasteiger partial charge < -0.3 is 23.9 Å². The van der Waals surface area contributed by atoms with Gasteiger partial charge in [0.05, 0.1) is 18.8 Å². The maximum Gasteiger partial charge on any atom is 0.233 e. The van der Waals surface area contributed by atoms with E-state index < -0.39 is 9.84 Å². The fourth-order valence-corrected chi connectivity index (χ4v) is 4.11. The Hall–Kier alpha value is -3.37. The summed E-state index contributed by atoms with van der Waals surface area (Å²) in [6.45, 7) is 6.35. The van der Waals surface area contributed by atoms with Crippen molar-refractivity contribution < 1.29 is 27.4 Å². The van der Waals surface area contributed by atoms with Crippen LogP contribution >= 0.6 is 0 Å². The number of aromatic amines is 1. The van der Waals surface area contributed by atoms with Crippen LogP contribution in [0.4, 0.5) is 0 Å². The van der Waals surface area contributed by atoms with Gasteiger partial charge in [-0.05, 0) is 57.2 Å². The summed E-state index contributed by atoms with van der Waals surface area (Å²) in [5, 5.41) is -0.0180. The number of H-pyrrole nitrogens is 1. The second-order valence-corrected chi connectivity index (χ2v) is 10.5. The third kappa shape index (κ3) is 6.01. The van der Waals surface area contributed by atoms with Crippen molar-refractivity contribution in [3.8, 4) is 28.5 Å². The van der Waals surface area contributed by atoms with E-state index in [1.165, 1.54) is 12.3 Å². The van der Waals surface area contributed by atoms with Gasteiger partial charge in [-0.15, -0.1) is 0 Å². The normalized spacial score (nSPS) is 18.6. The van der Waals surface area contributed by atoms with E-state index in [1.807, 2.05) is 45.0 Å². The molecule has 3 atom stereocenters. The lowest BCUT2D eigenvalue weighted by atomic mass is 10.1. The summed E-state index contributed by atoms with van der Waals surface area (Å²) in [4.78, 5) is 11.9. The van der Waals surface area contributed by atoms with Gasteiger partial charge in [0, 0.05) is 30.7 Å². The largest absolute Gasteiger partial charge is 0.488 e. The zero-order valence-electron chi connectivity index (χ0n) is 20.3. The van der Waals surface area contributed by atoms with Crippen molar-refractivity contribution in [2.75, 3.05) is 20.0 Å². The highest BCUT2D eigenvalue weighted by atomic mass is 32.2. The van der Waals surface area contributed by atoms with Crippen LogP contribution < -0.4 is 9.47 Å². The van der Waals surface area contributed by atoms with Gasteiger partial charge in [-0.3, -0.25) is 0 Å². The maximum atomic E-state index is 11.7. The minimum absolute atomic E-state index is 0.0180. The number of pyridine rings is 1. The van der Waals surface area contributed by atoms with Crippen molar-refractivity contribution in [1.29, 1.82) is 0 Å². The standard InChI is InChI=1S/C25H29N3O6S/c1-15(14-31-4)32-20-10-18(22-7-8-23(28-22)25-27-16(2)17(3)33-25)11-21(12-20)34-19-6-9-24(26-13-19)35(5,29)30/h6-13,15-17,28H,14H2,1-5H3/t15-,16+,17-/m0/s1. The van der Waals surface area contributed by atoms with Gasteiger partial charge in [-0.2, -0.15) is 0 Å². The summed E-state index contributed by atoms with van der Waals surface area (Å²) in [5.41, 5.74) is 2.45. The fourth-order valence-electron chi connectivity index (χ4n) is 3.55. The van der Waals surface area contributed by atoms with Crippen LogP contribution in [0.5, 0.6) is 17.2 Å². The van der Waals surface area contributed by atoms with Crippen molar-refractivity contribution >= 4 is 15.7 Å². The van der Waals surface area contributed by atoms with Gasteiger partial charge in [0.2, 0.25) is 5.90 Å². The lowest BCUT2D eigenvalue weighted by molar-refractivity contribution is 0.0920. The van der Waals surface area contributed by atoms with E-state index >= 15 is 0 Å². The Morgan fingerprint density at radius 2 is 1.80 bits per heavy atom. The van der Waals surface area contributed by atoms with E-state index in [0.29, 0.717) is 29.8 Å². The number of rotatable bonds is 9. The molecule has 0 fully saturated rings. The molecule has 0 aliphatic carbocycles. The van der Waals surface area contributed by atoms with Crippen LogP contribution in [0, 0.1) is 0 Å². The fraction of sp³-hybridized carbons (Fsp3) is 0.360. The average molecular weight is 500 g/mol. The van der Waals surface area contributed by atoms with Crippen LogP contribution in [0.1, 0.15) is 26.5 Å². The highest BCUT2D eigenvalue weighted by Gasteiger charge is 2.25. The lowest BCUT2D eigenvalue weighted by Crippen LogP contribution is -2.17. The molecular weight excluding hydrogens is 470 g/mol. The Labute approximate surface area is 205 Å². The molecule has 3 heterocycles. The molecule has 0 bridgehead atoms. The molecule has 1 aliphatic rings. The number of sulfone groups is 1. The Morgan fingerprint density at radius 1 is 1.06 bits per heavy atom. The van der Waals surface area contributed by atoms with Crippen molar-refractivity contribution in [3.63, 3.8) is 0 Å². The topological polar surface area (TPSA) is 112 Å². The van der Waals surface area contributed by atoms with Crippen LogP contribution in [0.25, 0.3) is 11.3 Å². The number of nitrogens with one attached hydrogen (secondary N) is 1. The second-order valence-electron chi connectivity index (χ2n) is 8.57. The molecule has 0 radical (unpaired) electrons. The van der Waals surface area contributed by atoms with Crippen LogP contribution in [0.15, 0.2) is 58.7 Å². The summed E-state index contributed by atoms with van der Waals surface area (Å²) in [5.74, 6) is 2.08. The molecule has 0 saturated heterocycles. The Morgan fingerprint density at radius 3 is 2.43 bits per heavy atom. The predicted octanol–water partition coefficient (Wildman–Crippen LogP) is 4.24. The monoisotopic (exact) mass is 499 g/mol. The van der Waals surface area contributed by atoms with Crippen molar-refractivity contribution in [1.82, 2.24) is 9.97 Å². The first kappa shape index (κ1) is 24.7. The van der Waals surface area contributed by atoms with Crippen LogP contribution in [0.2, 0.25) is 0 Å². The number of benzene rings is 1. The van der Waals surface area contributed by atoms with Crippen molar-refractivity contribution in [3.05, 3.63) is 54.4 Å². The molecule has 4 rings (SSSR count). The first-order valence-corrected chi connectivity index (χ1v) is 13.1. The second kappa shape index (κ2) is 10.1. The zero-order valence-corrected chi connectivity index (χ0v) is 21.1. The molecule has 186 valence electrons. The lowest BCUT2D eigenvalue weighted by Gasteiger charge is -2.16.